The average Bonchev–Trinajstić information content (AvgIpc) is 3.44. The first-order valence-electron chi connectivity index (χ1n) is 12.5. The van der Waals surface area contributed by atoms with Crippen molar-refractivity contribution in [1.29, 1.82) is 0 Å². The van der Waals surface area contributed by atoms with Crippen molar-refractivity contribution in [3.05, 3.63) is 113 Å². The number of oxime groups is 1. The first-order valence-corrected chi connectivity index (χ1v) is 12.5. The first kappa shape index (κ1) is 26.2. The fraction of sp³-hybridized carbons (Fsp3) is 0.233. The SMILES string of the molecule is Cc1ccc(-c2cc(C(=O)C[C@H](C)c3ccc(C(F)(F)F)nc3)cc(C3=NO[C@H](c4ccccn4)C3)c2)nc1. The lowest BCUT2D eigenvalue weighted by atomic mass is 9.91. The van der Waals surface area contributed by atoms with Crippen LogP contribution in [-0.4, -0.2) is 26.4 Å². The Kier molecular flexibility index (Phi) is 7.24. The molecule has 0 unspecified atom stereocenters. The Morgan fingerprint density at radius 3 is 2.49 bits per heavy atom. The molecular weight excluding hydrogens is 505 g/mol. The van der Waals surface area contributed by atoms with Crippen LogP contribution in [-0.2, 0) is 11.0 Å². The van der Waals surface area contributed by atoms with Crippen LogP contribution in [0.25, 0.3) is 11.3 Å². The fourth-order valence-electron chi connectivity index (χ4n) is 4.39. The zero-order valence-electron chi connectivity index (χ0n) is 21.3. The zero-order valence-corrected chi connectivity index (χ0v) is 21.3. The minimum absolute atomic E-state index is 0.0940. The highest BCUT2D eigenvalue weighted by atomic mass is 19.4. The predicted octanol–water partition coefficient (Wildman–Crippen LogP) is 7.11. The van der Waals surface area contributed by atoms with E-state index in [1.807, 2.05) is 43.3 Å². The molecular formula is C30H25F3N4O2. The van der Waals surface area contributed by atoms with Crippen LogP contribution < -0.4 is 0 Å². The molecule has 1 aliphatic rings. The van der Waals surface area contributed by atoms with Gasteiger partial charge in [-0.25, -0.2) is 0 Å². The van der Waals surface area contributed by atoms with Gasteiger partial charge < -0.3 is 4.84 Å². The molecule has 0 aliphatic carbocycles. The second-order valence-corrected chi connectivity index (χ2v) is 9.61. The summed E-state index contributed by atoms with van der Waals surface area (Å²) in [4.78, 5) is 31.5. The van der Waals surface area contributed by atoms with Gasteiger partial charge in [-0.05, 0) is 66.4 Å². The minimum atomic E-state index is -4.51. The molecule has 0 saturated carbocycles. The third-order valence-corrected chi connectivity index (χ3v) is 6.62. The summed E-state index contributed by atoms with van der Waals surface area (Å²) in [6.07, 6.45) is 0.386. The van der Waals surface area contributed by atoms with Crippen molar-refractivity contribution in [2.45, 2.75) is 44.9 Å². The van der Waals surface area contributed by atoms with Crippen molar-refractivity contribution in [3.8, 4) is 11.3 Å². The maximum atomic E-state index is 13.4. The number of pyridine rings is 3. The smallest absolute Gasteiger partial charge is 0.385 e. The van der Waals surface area contributed by atoms with E-state index >= 15 is 0 Å². The molecule has 1 aromatic carbocycles. The van der Waals surface area contributed by atoms with Gasteiger partial charge in [-0.15, -0.1) is 0 Å². The Morgan fingerprint density at radius 1 is 1.00 bits per heavy atom. The molecule has 5 rings (SSSR count). The molecule has 0 N–H and O–H groups in total. The maximum absolute atomic E-state index is 13.4. The summed E-state index contributed by atoms with van der Waals surface area (Å²) in [5, 5.41) is 4.29. The number of rotatable bonds is 7. The van der Waals surface area contributed by atoms with E-state index in [1.165, 1.54) is 12.3 Å². The summed E-state index contributed by atoms with van der Waals surface area (Å²) in [6.45, 7) is 3.74. The Labute approximate surface area is 223 Å². The van der Waals surface area contributed by atoms with Crippen molar-refractivity contribution >= 4 is 11.5 Å². The topological polar surface area (TPSA) is 77.3 Å². The number of halogens is 3. The Morgan fingerprint density at radius 2 is 1.82 bits per heavy atom. The number of hydrogen-bond acceptors (Lipinski definition) is 6. The second kappa shape index (κ2) is 10.8. The highest BCUT2D eigenvalue weighted by Gasteiger charge is 2.32. The lowest BCUT2D eigenvalue weighted by Crippen LogP contribution is -2.10. The maximum Gasteiger partial charge on any atom is 0.433 e. The number of nitrogens with zero attached hydrogens (tertiary/aromatic N) is 4. The quantitative estimate of drug-likeness (QED) is 0.238. The van der Waals surface area contributed by atoms with Crippen LogP contribution in [0.2, 0.25) is 0 Å². The van der Waals surface area contributed by atoms with Crippen LogP contribution in [0.1, 0.15) is 70.2 Å². The van der Waals surface area contributed by atoms with Crippen molar-refractivity contribution < 1.29 is 22.8 Å². The highest BCUT2D eigenvalue weighted by Crippen LogP contribution is 2.32. The summed E-state index contributed by atoms with van der Waals surface area (Å²) in [7, 11) is 0. The van der Waals surface area contributed by atoms with E-state index < -0.39 is 11.9 Å². The number of benzene rings is 1. The molecule has 0 radical (unpaired) electrons. The van der Waals surface area contributed by atoms with E-state index in [1.54, 1.807) is 31.5 Å². The number of carbonyl (C=O) groups is 1. The number of carbonyl (C=O) groups excluding carboxylic acids is 1. The van der Waals surface area contributed by atoms with Crippen LogP contribution in [0.5, 0.6) is 0 Å². The van der Waals surface area contributed by atoms with E-state index in [2.05, 4.69) is 20.1 Å². The summed E-state index contributed by atoms with van der Waals surface area (Å²) in [5.41, 5.74) is 4.71. The molecule has 0 saturated heterocycles. The summed E-state index contributed by atoms with van der Waals surface area (Å²) in [5.74, 6) is -0.490. The van der Waals surface area contributed by atoms with Crippen LogP contribution in [0.4, 0.5) is 13.2 Å². The standard InChI is InChI=1S/C30H25F3N4O2/c1-18-6-8-24(35-16-18)21-12-22(26-15-28(39-37-26)25-5-3-4-10-34-25)14-23(13-21)27(38)11-19(2)20-7-9-29(36-17-20)30(31,32)33/h3-10,12-14,16-17,19,28H,11,15H2,1-2H3/t19-,28-/m0/s1. The molecule has 9 heteroatoms. The Bertz CT molecular complexity index is 1500. The van der Waals surface area contributed by atoms with Crippen molar-refractivity contribution in [3.63, 3.8) is 0 Å². The van der Waals surface area contributed by atoms with Crippen LogP contribution in [0.3, 0.4) is 0 Å². The van der Waals surface area contributed by atoms with Crippen LogP contribution in [0, 0.1) is 6.92 Å². The molecule has 4 aromatic rings. The molecule has 39 heavy (non-hydrogen) atoms. The lowest BCUT2D eigenvalue weighted by molar-refractivity contribution is -0.141. The van der Waals surface area contributed by atoms with Gasteiger partial charge in [0.15, 0.2) is 11.9 Å². The van der Waals surface area contributed by atoms with Gasteiger partial charge in [0.2, 0.25) is 0 Å². The molecule has 6 nitrogen and oxygen atoms in total. The summed E-state index contributed by atoms with van der Waals surface area (Å²) in [6, 6.07) is 17.2. The van der Waals surface area contributed by atoms with E-state index in [0.717, 1.165) is 28.5 Å². The van der Waals surface area contributed by atoms with Gasteiger partial charge in [-0.3, -0.25) is 19.7 Å². The molecule has 0 fully saturated rings. The second-order valence-electron chi connectivity index (χ2n) is 9.61. The fourth-order valence-corrected chi connectivity index (χ4v) is 4.39. The highest BCUT2D eigenvalue weighted by molar-refractivity contribution is 6.05. The van der Waals surface area contributed by atoms with Gasteiger partial charge in [0.1, 0.15) is 5.69 Å². The minimum Gasteiger partial charge on any atom is -0.385 e. The molecule has 0 bridgehead atoms. The molecule has 2 atom stereocenters. The first-order chi connectivity index (χ1) is 18.7. The van der Waals surface area contributed by atoms with Gasteiger partial charge in [0.25, 0.3) is 0 Å². The van der Waals surface area contributed by atoms with Gasteiger partial charge in [0.05, 0.1) is 17.1 Å². The van der Waals surface area contributed by atoms with Gasteiger partial charge >= 0.3 is 6.18 Å². The number of aryl methyl sites for hydroxylation is 1. The van der Waals surface area contributed by atoms with E-state index in [9.17, 15) is 18.0 Å². The summed E-state index contributed by atoms with van der Waals surface area (Å²) >= 11 is 0. The van der Waals surface area contributed by atoms with Crippen LogP contribution >= 0.6 is 0 Å². The van der Waals surface area contributed by atoms with Gasteiger partial charge in [0, 0.05) is 48.1 Å². The molecule has 4 heterocycles. The van der Waals surface area contributed by atoms with Gasteiger partial charge in [-0.1, -0.05) is 30.3 Å². The Hall–Kier alpha value is -4.40. The number of aromatic nitrogens is 3. The molecule has 198 valence electrons. The normalized spacial score (nSPS) is 15.9. The van der Waals surface area contributed by atoms with E-state index in [-0.39, 0.29) is 24.2 Å². The number of hydrogen-bond donors (Lipinski definition) is 0. The van der Waals surface area contributed by atoms with Gasteiger partial charge in [-0.2, -0.15) is 13.2 Å². The predicted molar refractivity (Wildman–Crippen MR) is 140 cm³/mol. The third-order valence-electron chi connectivity index (χ3n) is 6.62. The number of ketones is 1. The number of alkyl halides is 3. The zero-order chi connectivity index (χ0) is 27.6. The van der Waals surface area contributed by atoms with Crippen LogP contribution in [0.15, 0.2) is 84.4 Å². The number of Topliss-reactive ketones (excluding diaryl/α,β-unsaturated/α-hetero) is 1. The molecule has 0 spiro atoms. The average molecular weight is 531 g/mol. The largest absolute Gasteiger partial charge is 0.433 e. The summed E-state index contributed by atoms with van der Waals surface area (Å²) < 4.78 is 38.7. The monoisotopic (exact) mass is 530 g/mol. The molecule has 3 aromatic heterocycles. The lowest BCUT2D eigenvalue weighted by Gasteiger charge is -2.14. The van der Waals surface area contributed by atoms with Crippen molar-refractivity contribution in [2.24, 2.45) is 5.16 Å². The Balaban J connectivity index is 1.42. The van der Waals surface area contributed by atoms with Crippen molar-refractivity contribution in [1.82, 2.24) is 15.0 Å². The molecule has 1 aliphatic heterocycles. The van der Waals surface area contributed by atoms with Crippen molar-refractivity contribution in [2.75, 3.05) is 0 Å². The third kappa shape index (κ3) is 6.03. The molecule has 0 amide bonds. The van der Waals surface area contributed by atoms with E-state index in [0.29, 0.717) is 29.0 Å². The van der Waals surface area contributed by atoms with E-state index in [4.69, 9.17) is 4.84 Å².